The van der Waals surface area contributed by atoms with Crippen LogP contribution in [0.4, 0.5) is 10.1 Å². The topological polar surface area (TPSA) is 29.3 Å². The van der Waals surface area contributed by atoms with E-state index in [0.29, 0.717) is 5.69 Å². The molecule has 0 aromatic heterocycles. The van der Waals surface area contributed by atoms with Gasteiger partial charge in [-0.1, -0.05) is 0 Å². The highest BCUT2D eigenvalue weighted by Crippen LogP contribution is 2.18. The SMILES string of the molecule is Nc1ccc(F)cc1CN1CCSCC1. The standard InChI is InChI=1S/C11H15FN2S/c12-10-1-2-11(13)9(7-10)8-14-3-5-15-6-4-14/h1-2,7H,3-6,8,13H2. The van der Waals surface area contributed by atoms with Crippen LogP contribution in [0, 0.1) is 5.82 Å². The monoisotopic (exact) mass is 226 g/mol. The van der Waals surface area contributed by atoms with Crippen molar-refractivity contribution in [1.29, 1.82) is 0 Å². The molecule has 15 heavy (non-hydrogen) atoms. The third-order valence-electron chi connectivity index (χ3n) is 2.60. The molecule has 0 spiro atoms. The Labute approximate surface area is 93.6 Å². The van der Waals surface area contributed by atoms with Gasteiger partial charge in [0.2, 0.25) is 0 Å². The molecule has 2 nitrogen and oxygen atoms in total. The third-order valence-corrected chi connectivity index (χ3v) is 3.55. The summed E-state index contributed by atoms with van der Waals surface area (Å²) in [5, 5.41) is 0. The average molecular weight is 226 g/mol. The van der Waals surface area contributed by atoms with E-state index >= 15 is 0 Å². The van der Waals surface area contributed by atoms with Crippen molar-refractivity contribution in [3.8, 4) is 0 Å². The van der Waals surface area contributed by atoms with E-state index in [1.165, 1.54) is 12.1 Å². The van der Waals surface area contributed by atoms with Crippen LogP contribution < -0.4 is 5.73 Å². The van der Waals surface area contributed by atoms with E-state index in [1.807, 2.05) is 11.8 Å². The zero-order valence-electron chi connectivity index (χ0n) is 8.58. The van der Waals surface area contributed by atoms with Crippen molar-refractivity contribution in [2.24, 2.45) is 0 Å². The van der Waals surface area contributed by atoms with Crippen LogP contribution in [-0.2, 0) is 6.54 Å². The summed E-state index contributed by atoms with van der Waals surface area (Å²) in [4.78, 5) is 2.32. The molecule has 4 heteroatoms. The van der Waals surface area contributed by atoms with Gasteiger partial charge >= 0.3 is 0 Å². The molecule has 0 atom stereocenters. The number of hydrogen-bond donors (Lipinski definition) is 1. The zero-order valence-corrected chi connectivity index (χ0v) is 9.39. The van der Waals surface area contributed by atoms with E-state index in [4.69, 9.17) is 5.73 Å². The van der Waals surface area contributed by atoms with Crippen molar-refractivity contribution in [2.45, 2.75) is 6.54 Å². The lowest BCUT2D eigenvalue weighted by Gasteiger charge is -2.26. The van der Waals surface area contributed by atoms with Crippen LogP contribution in [0.25, 0.3) is 0 Å². The number of rotatable bonds is 2. The fraction of sp³-hybridized carbons (Fsp3) is 0.455. The molecule has 1 aliphatic rings. The van der Waals surface area contributed by atoms with Crippen molar-refractivity contribution in [3.05, 3.63) is 29.6 Å². The Kier molecular flexibility index (Phi) is 3.49. The molecule has 0 aliphatic carbocycles. The molecule has 2 rings (SSSR count). The number of anilines is 1. The summed E-state index contributed by atoms with van der Waals surface area (Å²) in [6, 6.07) is 4.59. The first-order valence-corrected chi connectivity index (χ1v) is 6.25. The molecule has 0 unspecified atom stereocenters. The second-order valence-corrected chi connectivity index (χ2v) is 4.96. The number of nitrogens with two attached hydrogens (primary N) is 1. The molecular weight excluding hydrogens is 211 g/mol. The molecule has 2 N–H and O–H groups in total. The average Bonchev–Trinajstić information content (AvgIpc) is 2.25. The molecule has 1 aromatic rings. The normalized spacial score (nSPS) is 17.9. The van der Waals surface area contributed by atoms with Crippen molar-refractivity contribution in [3.63, 3.8) is 0 Å². The van der Waals surface area contributed by atoms with Crippen LogP contribution in [0.5, 0.6) is 0 Å². The summed E-state index contributed by atoms with van der Waals surface area (Å²) in [5.74, 6) is 2.12. The van der Waals surface area contributed by atoms with Crippen molar-refractivity contribution in [2.75, 3.05) is 30.3 Å². The van der Waals surface area contributed by atoms with E-state index in [0.717, 1.165) is 36.7 Å². The van der Waals surface area contributed by atoms with Crippen LogP contribution in [-0.4, -0.2) is 29.5 Å². The number of hydrogen-bond acceptors (Lipinski definition) is 3. The summed E-state index contributed by atoms with van der Waals surface area (Å²) >= 11 is 1.97. The highest BCUT2D eigenvalue weighted by Gasteiger charge is 2.12. The summed E-state index contributed by atoms with van der Waals surface area (Å²) < 4.78 is 13.0. The van der Waals surface area contributed by atoms with E-state index < -0.39 is 0 Å². The van der Waals surface area contributed by atoms with Gasteiger partial charge in [-0.05, 0) is 23.8 Å². The molecule has 1 aromatic carbocycles. The van der Waals surface area contributed by atoms with Crippen LogP contribution >= 0.6 is 11.8 Å². The molecule has 82 valence electrons. The predicted molar refractivity (Wildman–Crippen MR) is 63.4 cm³/mol. The van der Waals surface area contributed by atoms with E-state index in [2.05, 4.69) is 4.90 Å². The fourth-order valence-electron chi connectivity index (χ4n) is 1.71. The van der Waals surface area contributed by atoms with Crippen LogP contribution in [0.1, 0.15) is 5.56 Å². The lowest BCUT2D eigenvalue weighted by Crippen LogP contribution is -2.32. The maximum Gasteiger partial charge on any atom is 0.123 e. The first-order valence-electron chi connectivity index (χ1n) is 5.10. The fourth-order valence-corrected chi connectivity index (χ4v) is 2.69. The summed E-state index contributed by atoms with van der Waals surface area (Å²) in [7, 11) is 0. The van der Waals surface area contributed by atoms with E-state index in [-0.39, 0.29) is 5.82 Å². The van der Waals surface area contributed by atoms with Gasteiger partial charge in [0.05, 0.1) is 0 Å². The molecule has 1 saturated heterocycles. The summed E-state index contributed by atoms with van der Waals surface area (Å²) in [6.45, 7) is 2.91. The summed E-state index contributed by atoms with van der Waals surface area (Å²) in [6.07, 6.45) is 0. The molecule has 0 radical (unpaired) electrons. The Bertz CT molecular complexity index is 337. The lowest BCUT2D eigenvalue weighted by atomic mass is 10.1. The minimum absolute atomic E-state index is 0.203. The predicted octanol–water partition coefficient (Wildman–Crippen LogP) is 1.96. The van der Waals surface area contributed by atoms with Gasteiger partial charge in [-0.25, -0.2) is 4.39 Å². The molecule has 0 bridgehead atoms. The third kappa shape index (κ3) is 2.86. The first-order chi connectivity index (χ1) is 7.25. The van der Waals surface area contributed by atoms with E-state index in [9.17, 15) is 4.39 Å². The van der Waals surface area contributed by atoms with Crippen molar-refractivity contribution >= 4 is 17.4 Å². The molecule has 0 saturated carbocycles. The largest absolute Gasteiger partial charge is 0.398 e. The van der Waals surface area contributed by atoms with Crippen molar-refractivity contribution < 1.29 is 4.39 Å². The summed E-state index contributed by atoms with van der Waals surface area (Å²) in [5.41, 5.74) is 7.40. The van der Waals surface area contributed by atoms with Gasteiger partial charge in [0.1, 0.15) is 5.82 Å². The van der Waals surface area contributed by atoms with Crippen LogP contribution in [0.3, 0.4) is 0 Å². The van der Waals surface area contributed by atoms with E-state index in [1.54, 1.807) is 6.07 Å². The smallest absolute Gasteiger partial charge is 0.123 e. The van der Waals surface area contributed by atoms with Gasteiger partial charge in [0.15, 0.2) is 0 Å². The Morgan fingerprint density at radius 3 is 2.80 bits per heavy atom. The minimum atomic E-state index is -0.203. The highest BCUT2D eigenvalue weighted by molar-refractivity contribution is 7.99. The maximum absolute atomic E-state index is 13.0. The Morgan fingerprint density at radius 1 is 1.33 bits per heavy atom. The van der Waals surface area contributed by atoms with Gasteiger partial charge in [-0.15, -0.1) is 0 Å². The second-order valence-electron chi connectivity index (χ2n) is 3.73. The zero-order chi connectivity index (χ0) is 10.7. The first kappa shape index (κ1) is 10.8. The Morgan fingerprint density at radius 2 is 2.07 bits per heavy atom. The minimum Gasteiger partial charge on any atom is -0.398 e. The molecule has 0 amide bonds. The van der Waals surface area contributed by atoms with Gasteiger partial charge in [0.25, 0.3) is 0 Å². The number of halogens is 1. The van der Waals surface area contributed by atoms with Crippen molar-refractivity contribution in [1.82, 2.24) is 4.90 Å². The highest BCUT2D eigenvalue weighted by atomic mass is 32.2. The lowest BCUT2D eigenvalue weighted by molar-refractivity contribution is 0.294. The van der Waals surface area contributed by atoms with Crippen LogP contribution in [0.2, 0.25) is 0 Å². The van der Waals surface area contributed by atoms with Gasteiger partial charge in [-0.2, -0.15) is 11.8 Å². The number of nitrogens with zero attached hydrogens (tertiary/aromatic N) is 1. The number of nitrogen functional groups attached to an aromatic ring is 1. The van der Waals surface area contributed by atoms with Gasteiger partial charge in [-0.3, -0.25) is 4.90 Å². The molecular formula is C11H15FN2S. The quantitative estimate of drug-likeness (QED) is 0.782. The maximum atomic E-state index is 13.0. The Hall–Kier alpha value is -0.740. The molecule has 1 heterocycles. The second kappa shape index (κ2) is 4.86. The van der Waals surface area contributed by atoms with Gasteiger partial charge in [0, 0.05) is 36.8 Å². The van der Waals surface area contributed by atoms with Gasteiger partial charge < -0.3 is 5.73 Å². The number of benzene rings is 1. The van der Waals surface area contributed by atoms with Crippen LogP contribution in [0.15, 0.2) is 18.2 Å². The molecule has 1 aliphatic heterocycles. The number of thioether (sulfide) groups is 1. The Balaban J connectivity index is 2.05. The molecule has 1 fully saturated rings.